The molecule has 0 aromatic heterocycles. The Kier molecular flexibility index (Phi) is 4.55. The maximum Gasteiger partial charge on any atom is 0.124 e. The number of aryl methyl sites for hydroxylation is 1. The van der Waals surface area contributed by atoms with Crippen molar-refractivity contribution in [2.24, 2.45) is 0 Å². The van der Waals surface area contributed by atoms with Gasteiger partial charge in [-0.1, -0.05) is 43.2 Å². The van der Waals surface area contributed by atoms with E-state index in [1.165, 1.54) is 5.56 Å². The monoisotopic (exact) mass is 302 g/mol. The predicted octanol–water partition coefficient (Wildman–Crippen LogP) is 3.61. The minimum Gasteiger partial charge on any atom is -0.501 e. The quantitative estimate of drug-likeness (QED) is 0.618. The zero-order valence-electron chi connectivity index (χ0n) is 13.4. The van der Waals surface area contributed by atoms with E-state index in [1.54, 1.807) is 7.11 Å². The molecule has 0 saturated carbocycles. The zero-order chi connectivity index (χ0) is 15.5. The first-order valence-corrected chi connectivity index (χ1v) is 8.33. The maximum atomic E-state index is 11.0. The lowest BCUT2D eigenvalue weighted by atomic mass is 9.76. The van der Waals surface area contributed by atoms with Crippen LogP contribution in [-0.4, -0.2) is 30.0 Å². The van der Waals surface area contributed by atoms with E-state index < -0.39 is 5.60 Å². The third kappa shape index (κ3) is 3.21. The summed E-state index contributed by atoms with van der Waals surface area (Å²) in [5, 5.41) is 11.0. The molecule has 1 spiro atoms. The van der Waals surface area contributed by atoms with E-state index in [0.717, 1.165) is 50.7 Å². The van der Waals surface area contributed by atoms with Crippen molar-refractivity contribution >= 4 is 0 Å². The second kappa shape index (κ2) is 6.43. The molecule has 1 heterocycles. The molecule has 120 valence electrons. The lowest BCUT2D eigenvalue weighted by molar-refractivity contribution is -0.0217. The molecule has 2 aliphatic rings. The smallest absolute Gasteiger partial charge is 0.124 e. The Labute approximate surface area is 132 Å². The highest BCUT2D eigenvalue weighted by Gasteiger charge is 2.61. The van der Waals surface area contributed by atoms with Crippen molar-refractivity contribution in [3.63, 3.8) is 0 Å². The number of rotatable bonds is 7. The molecule has 3 heteroatoms. The van der Waals surface area contributed by atoms with Gasteiger partial charge in [0.25, 0.3) is 0 Å². The second-order valence-corrected chi connectivity index (χ2v) is 6.57. The van der Waals surface area contributed by atoms with Crippen LogP contribution in [0.3, 0.4) is 0 Å². The molecule has 1 aromatic rings. The third-order valence-electron chi connectivity index (χ3n) is 5.09. The van der Waals surface area contributed by atoms with Crippen LogP contribution in [0.4, 0.5) is 0 Å². The van der Waals surface area contributed by atoms with Crippen LogP contribution in [0.1, 0.15) is 44.1 Å². The first kappa shape index (κ1) is 15.6. The van der Waals surface area contributed by atoms with Gasteiger partial charge in [0.1, 0.15) is 11.2 Å². The van der Waals surface area contributed by atoms with Crippen molar-refractivity contribution in [2.75, 3.05) is 13.7 Å². The summed E-state index contributed by atoms with van der Waals surface area (Å²) in [6.45, 7) is 0.682. The number of unbranched alkanes of at least 4 members (excludes halogenated alkanes) is 2. The minimum atomic E-state index is -0.844. The average Bonchev–Trinajstić information content (AvgIpc) is 3.33. The van der Waals surface area contributed by atoms with Crippen molar-refractivity contribution in [3.05, 3.63) is 47.7 Å². The van der Waals surface area contributed by atoms with Crippen molar-refractivity contribution in [1.29, 1.82) is 0 Å². The molecule has 0 radical (unpaired) electrons. The fraction of sp³-hybridized carbons (Fsp3) is 0.579. The van der Waals surface area contributed by atoms with Crippen LogP contribution < -0.4 is 0 Å². The summed E-state index contributed by atoms with van der Waals surface area (Å²) in [6, 6.07) is 10.6. The molecule has 0 amide bonds. The summed E-state index contributed by atoms with van der Waals surface area (Å²) in [5.41, 5.74) is 0.222. The van der Waals surface area contributed by atoms with Gasteiger partial charge in [-0.15, -0.1) is 0 Å². The lowest BCUT2D eigenvalue weighted by Gasteiger charge is -2.35. The normalized spacial score (nSPS) is 30.2. The molecule has 3 rings (SSSR count). The first-order chi connectivity index (χ1) is 10.7. The van der Waals surface area contributed by atoms with Gasteiger partial charge < -0.3 is 14.6 Å². The van der Waals surface area contributed by atoms with Crippen LogP contribution >= 0.6 is 0 Å². The van der Waals surface area contributed by atoms with Crippen LogP contribution in [0, 0.1) is 0 Å². The number of hydrogen-bond acceptors (Lipinski definition) is 3. The summed E-state index contributed by atoms with van der Waals surface area (Å²) >= 11 is 0. The molecule has 3 nitrogen and oxygen atoms in total. The summed E-state index contributed by atoms with van der Waals surface area (Å²) in [7, 11) is 1.68. The topological polar surface area (TPSA) is 42.0 Å². The van der Waals surface area contributed by atoms with Gasteiger partial charge in [0.05, 0.1) is 19.5 Å². The Hall–Kier alpha value is -1.32. The maximum absolute atomic E-state index is 11.0. The van der Waals surface area contributed by atoms with E-state index in [2.05, 4.69) is 30.3 Å². The minimum absolute atomic E-state index is 0.325. The van der Waals surface area contributed by atoms with Gasteiger partial charge >= 0.3 is 0 Å². The molecule has 1 N–H and O–H groups in total. The lowest BCUT2D eigenvalue weighted by Crippen LogP contribution is -2.46. The molecule has 0 bridgehead atoms. The number of benzene rings is 1. The fourth-order valence-electron chi connectivity index (χ4n) is 3.50. The van der Waals surface area contributed by atoms with E-state index in [-0.39, 0.29) is 5.60 Å². The molecule has 22 heavy (non-hydrogen) atoms. The average molecular weight is 302 g/mol. The molecule has 1 saturated heterocycles. The second-order valence-electron chi connectivity index (χ2n) is 6.57. The van der Waals surface area contributed by atoms with Gasteiger partial charge in [-0.25, -0.2) is 0 Å². The van der Waals surface area contributed by atoms with Crippen LogP contribution in [-0.2, 0) is 15.9 Å². The van der Waals surface area contributed by atoms with Gasteiger partial charge in [-0.05, 0) is 37.3 Å². The van der Waals surface area contributed by atoms with Crippen LogP contribution in [0.15, 0.2) is 42.2 Å². The van der Waals surface area contributed by atoms with Crippen molar-refractivity contribution in [3.8, 4) is 0 Å². The van der Waals surface area contributed by atoms with E-state index in [1.807, 2.05) is 6.08 Å². The highest BCUT2D eigenvalue weighted by atomic mass is 16.6. The SMILES string of the molecule is COC1=CC(O)(CCCCCc2ccccc2)C2(CC1)CO2. The Morgan fingerprint density at radius 3 is 2.64 bits per heavy atom. The van der Waals surface area contributed by atoms with Gasteiger partial charge in [0, 0.05) is 6.42 Å². The highest BCUT2D eigenvalue weighted by Crippen LogP contribution is 2.49. The van der Waals surface area contributed by atoms with E-state index in [4.69, 9.17) is 9.47 Å². The summed E-state index contributed by atoms with van der Waals surface area (Å²) in [4.78, 5) is 0. The molecule has 2 unspecified atom stereocenters. The number of ether oxygens (including phenoxy) is 2. The molecule has 1 aliphatic carbocycles. The van der Waals surface area contributed by atoms with Crippen LogP contribution in [0.25, 0.3) is 0 Å². The molecular weight excluding hydrogens is 276 g/mol. The Morgan fingerprint density at radius 1 is 1.18 bits per heavy atom. The Morgan fingerprint density at radius 2 is 1.95 bits per heavy atom. The number of epoxide rings is 1. The molecule has 1 aliphatic heterocycles. The third-order valence-corrected chi connectivity index (χ3v) is 5.09. The van der Waals surface area contributed by atoms with E-state index in [0.29, 0.717) is 6.61 Å². The van der Waals surface area contributed by atoms with Gasteiger partial charge in [-0.3, -0.25) is 0 Å². The predicted molar refractivity (Wildman–Crippen MR) is 86.6 cm³/mol. The fourth-order valence-corrected chi connectivity index (χ4v) is 3.50. The van der Waals surface area contributed by atoms with Crippen molar-refractivity contribution in [1.82, 2.24) is 0 Å². The summed E-state index contributed by atoms with van der Waals surface area (Å²) in [6.07, 6.45) is 8.82. The Bertz CT molecular complexity index is 519. The van der Waals surface area contributed by atoms with Crippen LogP contribution in [0.2, 0.25) is 0 Å². The first-order valence-electron chi connectivity index (χ1n) is 8.33. The molecule has 1 fully saturated rings. The number of hydrogen-bond donors (Lipinski definition) is 1. The number of allylic oxidation sites excluding steroid dienone is 1. The molecule has 2 atom stereocenters. The van der Waals surface area contributed by atoms with Gasteiger partial charge in [-0.2, -0.15) is 0 Å². The van der Waals surface area contributed by atoms with Gasteiger partial charge in [0.2, 0.25) is 0 Å². The largest absolute Gasteiger partial charge is 0.501 e. The summed E-state index contributed by atoms with van der Waals surface area (Å²) < 4.78 is 11.0. The van der Waals surface area contributed by atoms with E-state index >= 15 is 0 Å². The Balaban J connectivity index is 1.48. The molecular formula is C19H26O3. The van der Waals surface area contributed by atoms with E-state index in [9.17, 15) is 5.11 Å². The van der Waals surface area contributed by atoms with Crippen molar-refractivity contribution in [2.45, 2.75) is 56.1 Å². The van der Waals surface area contributed by atoms with Crippen LogP contribution in [0.5, 0.6) is 0 Å². The highest BCUT2D eigenvalue weighted by molar-refractivity contribution is 5.25. The zero-order valence-corrected chi connectivity index (χ0v) is 13.4. The van der Waals surface area contributed by atoms with Crippen molar-refractivity contribution < 1.29 is 14.6 Å². The molecule has 1 aromatic carbocycles. The van der Waals surface area contributed by atoms with Gasteiger partial charge in [0.15, 0.2) is 0 Å². The standard InChI is InChI=1S/C19H26O3/c1-21-17-11-13-19(15-22-19)18(20,14-17)12-7-3-6-10-16-8-4-2-5-9-16/h2,4-5,8-9,14,20H,3,6-7,10-13,15H2,1H3. The number of aliphatic hydroxyl groups is 1. The number of methoxy groups -OCH3 is 1. The summed E-state index contributed by atoms with van der Waals surface area (Å²) in [5.74, 6) is 0.896.